The van der Waals surface area contributed by atoms with Crippen LogP contribution in [0.1, 0.15) is 11.4 Å². The first-order chi connectivity index (χ1) is 8.16. The quantitative estimate of drug-likeness (QED) is 0.813. The third-order valence-corrected chi connectivity index (χ3v) is 2.60. The molecule has 0 fully saturated rings. The van der Waals surface area contributed by atoms with Gasteiger partial charge in [-0.25, -0.2) is 4.98 Å². The van der Waals surface area contributed by atoms with Gasteiger partial charge in [-0.15, -0.1) is 10.2 Å². The standard InChI is InChI=1S/C11H16N6/c1-8-6-14-10(5-9(8)12)13-4-3-11-16-15-7-17(11)2/h5-7H,3-4H2,1-2H3,(H3,12,13,14). The van der Waals surface area contributed by atoms with E-state index in [4.69, 9.17) is 5.73 Å². The van der Waals surface area contributed by atoms with E-state index in [2.05, 4.69) is 20.5 Å². The van der Waals surface area contributed by atoms with Crippen molar-refractivity contribution in [2.75, 3.05) is 17.6 Å². The van der Waals surface area contributed by atoms with Crippen LogP contribution in [0.2, 0.25) is 0 Å². The summed E-state index contributed by atoms with van der Waals surface area (Å²) < 4.78 is 1.90. The molecule has 0 aliphatic rings. The summed E-state index contributed by atoms with van der Waals surface area (Å²) in [6, 6.07) is 1.84. The van der Waals surface area contributed by atoms with Crippen LogP contribution in [0, 0.1) is 6.92 Å². The Bertz CT molecular complexity index is 504. The molecule has 0 amide bonds. The summed E-state index contributed by atoms with van der Waals surface area (Å²) in [6.45, 7) is 2.69. The number of aryl methyl sites for hydroxylation is 2. The third-order valence-electron chi connectivity index (χ3n) is 2.60. The van der Waals surface area contributed by atoms with Crippen LogP contribution in [-0.4, -0.2) is 26.3 Å². The number of anilines is 2. The van der Waals surface area contributed by atoms with Crippen molar-refractivity contribution in [1.29, 1.82) is 0 Å². The van der Waals surface area contributed by atoms with Gasteiger partial charge in [0, 0.05) is 38.0 Å². The smallest absolute Gasteiger partial charge is 0.134 e. The normalized spacial score (nSPS) is 10.5. The lowest BCUT2D eigenvalue weighted by Crippen LogP contribution is -2.10. The van der Waals surface area contributed by atoms with Crippen molar-refractivity contribution < 1.29 is 0 Å². The summed E-state index contributed by atoms with van der Waals surface area (Å²) >= 11 is 0. The molecule has 0 unspecified atom stereocenters. The first-order valence-corrected chi connectivity index (χ1v) is 5.45. The van der Waals surface area contributed by atoms with Gasteiger partial charge in [-0.1, -0.05) is 0 Å². The minimum atomic E-state index is 0.751. The van der Waals surface area contributed by atoms with Crippen molar-refractivity contribution in [2.45, 2.75) is 13.3 Å². The fourth-order valence-corrected chi connectivity index (χ4v) is 1.47. The topological polar surface area (TPSA) is 81.7 Å². The lowest BCUT2D eigenvalue weighted by atomic mass is 10.2. The van der Waals surface area contributed by atoms with Gasteiger partial charge in [-0.05, 0) is 12.5 Å². The maximum absolute atomic E-state index is 5.80. The van der Waals surface area contributed by atoms with Gasteiger partial charge in [0.05, 0.1) is 0 Å². The molecule has 0 aromatic carbocycles. The minimum Gasteiger partial charge on any atom is -0.398 e. The number of aromatic nitrogens is 4. The molecule has 0 bridgehead atoms. The number of hydrogen-bond donors (Lipinski definition) is 2. The highest BCUT2D eigenvalue weighted by molar-refractivity contribution is 5.53. The van der Waals surface area contributed by atoms with Gasteiger partial charge in [-0.3, -0.25) is 0 Å². The zero-order chi connectivity index (χ0) is 12.3. The predicted octanol–water partition coefficient (Wildman–Crippen LogP) is 0.755. The van der Waals surface area contributed by atoms with Crippen LogP contribution in [0.4, 0.5) is 11.5 Å². The van der Waals surface area contributed by atoms with Gasteiger partial charge < -0.3 is 15.6 Å². The molecule has 0 saturated carbocycles. The Morgan fingerprint density at radius 1 is 1.47 bits per heavy atom. The predicted molar refractivity (Wildman–Crippen MR) is 66.6 cm³/mol. The van der Waals surface area contributed by atoms with Crippen LogP contribution in [0.25, 0.3) is 0 Å². The SMILES string of the molecule is Cc1cnc(NCCc2nncn2C)cc1N. The second-order valence-electron chi connectivity index (χ2n) is 3.96. The zero-order valence-corrected chi connectivity index (χ0v) is 10.0. The zero-order valence-electron chi connectivity index (χ0n) is 10.0. The van der Waals surface area contributed by atoms with Gasteiger partial charge in [0.2, 0.25) is 0 Å². The third kappa shape index (κ3) is 2.72. The van der Waals surface area contributed by atoms with Crippen molar-refractivity contribution in [3.05, 3.63) is 30.0 Å². The van der Waals surface area contributed by atoms with Crippen LogP contribution < -0.4 is 11.1 Å². The summed E-state index contributed by atoms with van der Waals surface area (Å²) in [5.41, 5.74) is 7.55. The number of nitrogens with one attached hydrogen (secondary N) is 1. The van der Waals surface area contributed by atoms with Crippen LogP contribution in [-0.2, 0) is 13.5 Å². The van der Waals surface area contributed by atoms with Gasteiger partial charge in [-0.2, -0.15) is 0 Å². The summed E-state index contributed by atoms with van der Waals surface area (Å²) in [4.78, 5) is 4.25. The molecule has 0 spiro atoms. The van der Waals surface area contributed by atoms with Gasteiger partial charge in [0.15, 0.2) is 0 Å². The molecule has 0 saturated heterocycles. The molecule has 2 aromatic rings. The number of nitrogen functional groups attached to an aromatic ring is 1. The number of nitrogens with zero attached hydrogens (tertiary/aromatic N) is 4. The van der Waals surface area contributed by atoms with E-state index in [9.17, 15) is 0 Å². The van der Waals surface area contributed by atoms with E-state index in [0.29, 0.717) is 0 Å². The number of nitrogens with two attached hydrogens (primary N) is 1. The van der Waals surface area contributed by atoms with E-state index in [-0.39, 0.29) is 0 Å². The lowest BCUT2D eigenvalue weighted by Gasteiger charge is -2.07. The second-order valence-corrected chi connectivity index (χ2v) is 3.96. The Morgan fingerprint density at radius 3 is 2.94 bits per heavy atom. The molecule has 0 aliphatic heterocycles. The average molecular weight is 232 g/mol. The Hall–Kier alpha value is -2.11. The van der Waals surface area contributed by atoms with Gasteiger partial charge >= 0.3 is 0 Å². The van der Waals surface area contributed by atoms with Crippen LogP contribution in [0.5, 0.6) is 0 Å². The first kappa shape index (κ1) is 11.4. The summed E-state index contributed by atoms with van der Waals surface area (Å²) in [5, 5.41) is 11.0. The van der Waals surface area contributed by atoms with E-state index in [1.54, 1.807) is 12.5 Å². The molecular weight excluding hydrogens is 216 g/mol. The Kier molecular flexibility index (Phi) is 3.22. The van der Waals surface area contributed by atoms with Crippen molar-refractivity contribution in [2.24, 2.45) is 7.05 Å². The van der Waals surface area contributed by atoms with Crippen molar-refractivity contribution in [3.8, 4) is 0 Å². The summed E-state index contributed by atoms with van der Waals surface area (Å²) in [5.74, 6) is 1.73. The van der Waals surface area contributed by atoms with Crippen LogP contribution in [0.3, 0.4) is 0 Å². The molecule has 2 heterocycles. The minimum absolute atomic E-state index is 0.751. The molecule has 2 aromatic heterocycles. The number of pyridine rings is 1. The molecule has 17 heavy (non-hydrogen) atoms. The highest BCUT2D eigenvalue weighted by Gasteiger charge is 2.01. The van der Waals surface area contributed by atoms with E-state index in [0.717, 1.165) is 35.9 Å². The van der Waals surface area contributed by atoms with E-state index >= 15 is 0 Å². The highest BCUT2D eigenvalue weighted by Crippen LogP contribution is 2.13. The summed E-state index contributed by atoms with van der Waals surface area (Å²) in [6.07, 6.45) is 4.25. The second kappa shape index (κ2) is 4.82. The molecule has 6 nitrogen and oxygen atoms in total. The Balaban J connectivity index is 1.90. The summed E-state index contributed by atoms with van der Waals surface area (Å²) in [7, 11) is 1.93. The molecule has 0 aliphatic carbocycles. The van der Waals surface area contributed by atoms with Crippen LogP contribution in [0.15, 0.2) is 18.6 Å². The fraction of sp³-hybridized carbons (Fsp3) is 0.364. The molecule has 0 radical (unpaired) electrons. The van der Waals surface area contributed by atoms with Gasteiger partial charge in [0.1, 0.15) is 18.0 Å². The van der Waals surface area contributed by atoms with Crippen molar-refractivity contribution >= 4 is 11.5 Å². The molecular formula is C11H16N6. The molecule has 3 N–H and O–H groups in total. The average Bonchev–Trinajstić information content (AvgIpc) is 2.70. The fourth-order valence-electron chi connectivity index (χ4n) is 1.47. The van der Waals surface area contributed by atoms with Crippen LogP contribution >= 0.6 is 0 Å². The monoisotopic (exact) mass is 232 g/mol. The largest absolute Gasteiger partial charge is 0.398 e. The van der Waals surface area contributed by atoms with Crippen molar-refractivity contribution in [3.63, 3.8) is 0 Å². The Labute approximate surface area is 99.9 Å². The molecule has 90 valence electrons. The highest BCUT2D eigenvalue weighted by atomic mass is 15.2. The molecule has 2 rings (SSSR count). The van der Waals surface area contributed by atoms with E-state index < -0.39 is 0 Å². The van der Waals surface area contributed by atoms with Gasteiger partial charge in [0.25, 0.3) is 0 Å². The van der Waals surface area contributed by atoms with Crippen molar-refractivity contribution in [1.82, 2.24) is 19.7 Å². The first-order valence-electron chi connectivity index (χ1n) is 5.45. The maximum Gasteiger partial charge on any atom is 0.134 e. The number of hydrogen-bond acceptors (Lipinski definition) is 5. The number of rotatable bonds is 4. The maximum atomic E-state index is 5.80. The molecule has 0 atom stereocenters. The molecule has 6 heteroatoms. The lowest BCUT2D eigenvalue weighted by molar-refractivity contribution is 0.787. The Morgan fingerprint density at radius 2 is 2.29 bits per heavy atom. The van der Waals surface area contributed by atoms with E-state index in [1.807, 2.05) is 24.6 Å². The van der Waals surface area contributed by atoms with E-state index in [1.165, 1.54) is 0 Å².